The standard InChI is InChI=1S/C18H21N2O2S/c1-4-13-16(21)19(9-12-5-6-12)18-20(17(13)22)14-7-10(2)11(3)8-15(14)23-18/h7-8,12-13H,4-6,9H2,1-3H3/q+1. The Kier molecular flexibility index (Phi) is 3.30. The minimum absolute atomic E-state index is 0.00981. The number of hydrogen-bond acceptors (Lipinski definition) is 3. The zero-order valence-corrected chi connectivity index (χ0v) is 14.6. The van der Waals surface area contributed by atoms with Gasteiger partial charge in [0.1, 0.15) is 0 Å². The van der Waals surface area contributed by atoms with Crippen molar-refractivity contribution in [2.24, 2.45) is 11.8 Å². The van der Waals surface area contributed by atoms with Crippen LogP contribution in [0.5, 0.6) is 0 Å². The topological polar surface area (TPSA) is 41.3 Å². The number of amides is 1. The fraction of sp³-hybridized carbons (Fsp3) is 0.500. The van der Waals surface area contributed by atoms with E-state index in [9.17, 15) is 9.59 Å². The fourth-order valence-corrected chi connectivity index (χ4v) is 4.53. The number of thiazole rings is 1. The van der Waals surface area contributed by atoms with E-state index in [1.165, 1.54) is 24.0 Å². The van der Waals surface area contributed by atoms with Gasteiger partial charge in [-0.1, -0.05) is 6.92 Å². The van der Waals surface area contributed by atoms with Crippen molar-refractivity contribution in [3.05, 3.63) is 23.3 Å². The molecule has 1 saturated carbocycles. The van der Waals surface area contributed by atoms with Crippen molar-refractivity contribution in [2.75, 3.05) is 11.4 Å². The fourth-order valence-electron chi connectivity index (χ4n) is 3.29. The molecule has 1 fully saturated rings. The van der Waals surface area contributed by atoms with E-state index >= 15 is 0 Å². The van der Waals surface area contributed by atoms with E-state index in [-0.39, 0.29) is 11.8 Å². The van der Waals surface area contributed by atoms with Crippen LogP contribution in [0.4, 0.5) is 5.13 Å². The Balaban J connectivity index is 1.94. The van der Waals surface area contributed by atoms with E-state index in [0.717, 1.165) is 21.9 Å². The lowest BCUT2D eigenvalue weighted by atomic mass is 10.0. The first-order chi connectivity index (χ1) is 11.0. The molecule has 1 aromatic heterocycles. The highest BCUT2D eigenvalue weighted by molar-refractivity contribution is 7.22. The zero-order chi connectivity index (χ0) is 16.3. The second-order valence-electron chi connectivity index (χ2n) is 6.82. The molecule has 120 valence electrons. The number of aromatic nitrogens is 1. The summed E-state index contributed by atoms with van der Waals surface area (Å²) in [6.07, 6.45) is 2.95. The van der Waals surface area contributed by atoms with E-state index in [1.54, 1.807) is 15.9 Å². The number of hydrogen-bond donors (Lipinski definition) is 0. The predicted octanol–water partition coefficient (Wildman–Crippen LogP) is 3.23. The summed E-state index contributed by atoms with van der Waals surface area (Å²) in [4.78, 5) is 27.6. The summed E-state index contributed by atoms with van der Waals surface area (Å²) in [5.74, 6) is -0.00379. The molecular formula is C18H21N2O2S+. The molecule has 23 heavy (non-hydrogen) atoms. The largest absolute Gasteiger partial charge is 0.352 e. The van der Waals surface area contributed by atoms with Crippen LogP contribution in [0, 0.1) is 25.7 Å². The van der Waals surface area contributed by atoms with Crippen LogP contribution in [0.25, 0.3) is 10.2 Å². The number of anilines is 1. The highest BCUT2D eigenvalue weighted by Crippen LogP contribution is 2.37. The zero-order valence-electron chi connectivity index (χ0n) is 13.8. The highest BCUT2D eigenvalue weighted by atomic mass is 32.1. The number of nitrogens with zero attached hydrogens (tertiary/aromatic N) is 2. The van der Waals surface area contributed by atoms with Gasteiger partial charge in [0.2, 0.25) is 0 Å². The summed E-state index contributed by atoms with van der Waals surface area (Å²) in [6, 6.07) is 4.22. The first-order valence-corrected chi connectivity index (χ1v) is 9.14. The molecule has 1 aliphatic heterocycles. The summed E-state index contributed by atoms with van der Waals surface area (Å²) in [7, 11) is 0. The van der Waals surface area contributed by atoms with Gasteiger partial charge in [0.25, 0.3) is 0 Å². The lowest BCUT2D eigenvalue weighted by Crippen LogP contribution is -2.60. The van der Waals surface area contributed by atoms with Crippen LogP contribution < -0.4 is 9.47 Å². The molecule has 0 spiro atoms. The van der Waals surface area contributed by atoms with Crippen LogP contribution in [0.15, 0.2) is 12.1 Å². The molecule has 0 radical (unpaired) electrons. The second kappa shape index (κ2) is 5.13. The van der Waals surface area contributed by atoms with E-state index in [4.69, 9.17) is 0 Å². The monoisotopic (exact) mass is 329 g/mol. The van der Waals surface area contributed by atoms with Crippen LogP contribution in [0.3, 0.4) is 0 Å². The number of carbonyl (C=O) groups excluding carboxylic acids is 2. The van der Waals surface area contributed by atoms with Crippen LogP contribution in [0.2, 0.25) is 0 Å². The molecule has 0 bridgehead atoms. The summed E-state index contributed by atoms with van der Waals surface area (Å²) in [6.45, 7) is 6.83. The van der Waals surface area contributed by atoms with Gasteiger partial charge in [-0.15, -0.1) is 4.57 Å². The smallest absolute Gasteiger partial charge is 0.246 e. The molecule has 2 aromatic rings. The molecule has 0 saturated heterocycles. The molecule has 1 atom stereocenters. The summed E-state index contributed by atoms with van der Waals surface area (Å²) in [5.41, 5.74) is 3.35. The predicted molar refractivity (Wildman–Crippen MR) is 91.0 cm³/mol. The Morgan fingerprint density at radius 3 is 2.57 bits per heavy atom. The average Bonchev–Trinajstić information content (AvgIpc) is 3.26. The molecule has 5 heteroatoms. The first kappa shape index (κ1) is 14.8. The summed E-state index contributed by atoms with van der Waals surface area (Å²) >= 11 is 1.57. The van der Waals surface area contributed by atoms with Gasteiger partial charge in [-0.2, -0.15) is 4.90 Å². The van der Waals surface area contributed by atoms with E-state index in [0.29, 0.717) is 12.3 Å². The minimum Gasteiger partial charge on any atom is -0.246 e. The Labute approximate surface area is 139 Å². The van der Waals surface area contributed by atoms with E-state index in [2.05, 4.69) is 26.0 Å². The maximum atomic E-state index is 12.9. The third-order valence-corrected chi connectivity index (χ3v) is 6.20. The van der Waals surface area contributed by atoms with Crippen LogP contribution in [-0.2, 0) is 4.79 Å². The summed E-state index contributed by atoms with van der Waals surface area (Å²) in [5, 5.41) is 0.802. The lowest BCUT2D eigenvalue weighted by Gasteiger charge is -2.23. The van der Waals surface area contributed by atoms with E-state index in [1.807, 2.05) is 11.8 Å². The normalized spacial score (nSPS) is 21.2. The number of fused-ring (bicyclic) bond motifs is 3. The molecule has 1 aromatic carbocycles. The minimum atomic E-state index is -0.536. The summed E-state index contributed by atoms with van der Waals surface area (Å²) < 4.78 is 2.88. The van der Waals surface area contributed by atoms with Gasteiger partial charge in [-0.05, 0) is 73.6 Å². The Morgan fingerprint density at radius 2 is 1.91 bits per heavy atom. The molecule has 4 nitrogen and oxygen atoms in total. The molecule has 2 heterocycles. The molecule has 1 amide bonds. The van der Waals surface area contributed by atoms with Crippen molar-refractivity contribution < 1.29 is 14.2 Å². The number of carbonyl (C=O) groups is 2. The van der Waals surface area contributed by atoms with Crippen molar-refractivity contribution in [3.63, 3.8) is 0 Å². The van der Waals surface area contributed by atoms with Gasteiger partial charge in [-0.25, -0.2) is 9.59 Å². The Hall–Kier alpha value is -1.75. The van der Waals surface area contributed by atoms with Crippen molar-refractivity contribution in [1.29, 1.82) is 0 Å². The van der Waals surface area contributed by atoms with Crippen molar-refractivity contribution in [1.82, 2.24) is 0 Å². The van der Waals surface area contributed by atoms with Gasteiger partial charge >= 0.3 is 16.9 Å². The van der Waals surface area contributed by atoms with Gasteiger partial charge in [0, 0.05) is 0 Å². The third-order valence-electron chi connectivity index (χ3n) is 5.07. The molecule has 4 rings (SSSR count). The van der Waals surface area contributed by atoms with Crippen molar-refractivity contribution >= 4 is 38.5 Å². The third kappa shape index (κ3) is 2.21. The van der Waals surface area contributed by atoms with Crippen molar-refractivity contribution in [2.45, 2.75) is 40.0 Å². The molecule has 2 aliphatic rings. The molecule has 0 N–H and O–H groups in total. The lowest BCUT2D eigenvalue weighted by molar-refractivity contribution is -0.533. The second-order valence-corrected chi connectivity index (χ2v) is 7.82. The van der Waals surface area contributed by atoms with E-state index < -0.39 is 5.92 Å². The van der Waals surface area contributed by atoms with Crippen LogP contribution >= 0.6 is 11.3 Å². The Morgan fingerprint density at radius 1 is 1.22 bits per heavy atom. The van der Waals surface area contributed by atoms with Crippen molar-refractivity contribution in [3.8, 4) is 0 Å². The molecular weight excluding hydrogens is 308 g/mol. The van der Waals surface area contributed by atoms with Crippen LogP contribution in [-0.4, -0.2) is 18.4 Å². The highest BCUT2D eigenvalue weighted by Gasteiger charge is 2.49. The van der Waals surface area contributed by atoms with Gasteiger partial charge in [0.05, 0.1) is 11.2 Å². The SMILES string of the molecule is CCC1C(=O)N(CC2CC2)c2sc3cc(C)c(C)cc3[n+]2C1=O. The number of aryl methyl sites for hydroxylation is 2. The maximum absolute atomic E-state index is 12.9. The Bertz CT molecular complexity index is 835. The van der Waals surface area contributed by atoms with Crippen LogP contribution in [0.1, 0.15) is 42.1 Å². The molecule has 1 aliphatic carbocycles. The number of benzene rings is 1. The maximum Gasteiger partial charge on any atom is 0.352 e. The molecule has 1 unspecified atom stereocenters. The van der Waals surface area contributed by atoms with Gasteiger partial charge in [-0.3, -0.25) is 0 Å². The van der Waals surface area contributed by atoms with Gasteiger partial charge < -0.3 is 0 Å². The number of rotatable bonds is 3. The van der Waals surface area contributed by atoms with Gasteiger partial charge in [0.15, 0.2) is 11.4 Å². The quantitative estimate of drug-likeness (QED) is 0.641. The first-order valence-electron chi connectivity index (χ1n) is 8.32. The average molecular weight is 329 g/mol.